The Morgan fingerprint density at radius 1 is 0.197 bits per heavy atom. The Balaban J connectivity index is -0.0000000652. The van der Waals surface area contributed by atoms with Crippen LogP contribution in [0.1, 0.15) is 641 Å². The van der Waals surface area contributed by atoms with E-state index < -0.39 is 0 Å². The lowest BCUT2D eigenvalue weighted by molar-refractivity contribution is 0.111. The van der Waals surface area contributed by atoms with Crippen molar-refractivity contribution in [2.45, 2.75) is 617 Å². The van der Waals surface area contributed by atoms with Crippen molar-refractivity contribution < 1.29 is 19.1 Å². The van der Waals surface area contributed by atoms with Crippen molar-refractivity contribution in [2.24, 2.45) is 0 Å². The van der Waals surface area contributed by atoms with Gasteiger partial charge in [-0.2, -0.15) is 0 Å². The van der Waals surface area contributed by atoms with Crippen molar-refractivity contribution in [1.29, 1.82) is 0 Å². The highest BCUT2D eigenvalue weighted by molar-refractivity contribution is 5.96. The second-order valence-corrected chi connectivity index (χ2v) is 31.0. The van der Waals surface area contributed by atoms with E-state index >= 15 is 0 Å². The molecule has 0 aliphatic rings. The molecule has 0 amide bonds. The Morgan fingerprint density at radius 3 is 0.636 bits per heavy atom. The summed E-state index contributed by atoms with van der Waals surface area (Å²) in [7, 11) is 1.81. The molecular weight excluding hydrogens is 1600 g/mol. The van der Waals surface area contributed by atoms with Crippen LogP contribution in [-0.4, -0.2) is 26.0 Å². The summed E-state index contributed by atoms with van der Waals surface area (Å²) in [6.07, 6.45) is 75.4. The molecule has 0 aliphatic carbocycles. The molecule has 0 spiro atoms. The zero-order valence-electron chi connectivity index (χ0n) is 81.2. The molecule has 0 atom stereocenters. The lowest BCUT2D eigenvalue weighted by Gasteiger charge is -2.14. The molecular formula is C128H258O4. The van der Waals surface area contributed by atoms with Gasteiger partial charge in [-0.1, -0.05) is 587 Å². The number of benzene rings is 6. The Labute approximate surface area is 842 Å². The van der Waals surface area contributed by atoms with Gasteiger partial charge >= 0.3 is 0 Å². The molecule has 0 saturated heterocycles. The lowest BCUT2D eigenvalue weighted by atomic mass is 9.90. The summed E-state index contributed by atoms with van der Waals surface area (Å²) in [6.45, 7) is 42.1. The molecule has 0 bridgehead atoms. The van der Waals surface area contributed by atoms with E-state index in [4.69, 9.17) is 4.74 Å². The number of methoxy groups -OCH3 is 1. The van der Waals surface area contributed by atoms with E-state index in [0.717, 1.165) is 86.2 Å². The number of rotatable bonds is 60. The third kappa shape index (κ3) is 88.6. The minimum absolute atomic E-state index is 0. The van der Waals surface area contributed by atoms with Gasteiger partial charge in [0.2, 0.25) is 0 Å². The van der Waals surface area contributed by atoms with Crippen LogP contribution in [0.15, 0.2) is 97.1 Å². The monoisotopic (exact) mass is 1860 g/mol. The quantitative estimate of drug-likeness (QED) is 0.0282. The third-order valence-electron chi connectivity index (χ3n) is 21.9. The number of aldehydes is 3. The summed E-state index contributed by atoms with van der Waals surface area (Å²) in [5.74, 6) is 1.10. The van der Waals surface area contributed by atoms with Gasteiger partial charge in [-0.3, -0.25) is 14.4 Å². The molecule has 6 aromatic rings. The molecule has 0 aromatic heterocycles. The first-order valence-electron chi connectivity index (χ1n) is 50.5. The third-order valence-corrected chi connectivity index (χ3v) is 21.9. The van der Waals surface area contributed by atoms with Crippen LogP contribution >= 0.6 is 0 Å². The van der Waals surface area contributed by atoms with Gasteiger partial charge in [-0.05, 0) is 193 Å². The lowest BCUT2D eigenvalue weighted by Crippen LogP contribution is -2.00. The molecule has 132 heavy (non-hydrogen) atoms. The Morgan fingerprint density at radius 2 is 0.394 bits per heavy atom. The van der Waals surface area contributed by atoms with Gasteiger partial charge in [0.05, 0.1) is 7.11 Å². The van der Waals surface area contributed by atoms with Crippen LogP contribution in [0.4, 0.5) is 0 Å². The molecule has 0 radical (unpaired) electrons. The molecule has 0 heterocycles. The van der Waals surface area contributed by atoms with Gasteiger partial charge in [0.1, 0.15) is 24.6 Å². The largest absolute Gasteiger partial charge is 0.496 e. The zero-order valence-corrected chi connectivity index (χ0v) is 81.2. The van der Waals surface area contributed by atoms with Crippen LogP contribution in [0.5, 0.6) is 5.75 Å². The van der Waals surface area contributed by atoms with Gasteiger partial charge in [0.25, 0.3) is 0 Å². The second kappa shape index (κ2) is 139. The van der Waals surface area contributed by atoms with Gasteiger partial charge in [0.15, 0.2) is 0 Å². The van der Waals surface area contributed by atoms with E-state index in [9.17, 15) is 14.4 Å². The first kappa shape index (κ1) is 176. The van der Waals surface area contributed by atoms with Crippen molar-refractivity contribution in [2.75, 3.05) is 7.11 Å². The van der Waals surface area contributed by atoms with Crippen molar-refractivity contribution in [3.63, 3.8) is 0 Å². The summed E-state index contributed by atoms with van der Waals surface area (Å²) in [5.41, 5.74) is 13.4. The summed E-state index contributed by atoms with van der Waals surface area (Å²) in [4.78, 5) is 35.1. The summed E-state index contributed by atoms with van der Waals surface area (Å²) in [5, 5.41) is 5.34. The van der Waals surface area contributed by atoms with E-state index in [0.29, 0.717) is 0 Å². The van der Waals surface area contributed by atoms with Crippen LogP contribution in [0, 0.1) is 0 Å². The standard InChI is InChI=1S/2C27H40O.C23H40O.C23H38O.6C2H6.16CH4/c1-3-5-7-9-10-12-13-17-23-21-24(22-28)26(18-14-11-8-6-4-2)27-20-16-15-19-25(23)27;1-3-5-7-9-10-12-14-18-26-24(22-28)21-23(17-13-11-8-6-4-2)25-19-15-16-20-27(25)26;1-4-6-8-10-11-13-15-17-22-19-18-21(20-23(22)24-3)16-14-12-9-7-5-2;1-3-5-7-9-10-12-13-15-21-17-18-22(23(19-21)20-24)16-14-11-8-6-4-2;6*1-2;;;;;;;;;;;;;;;;/h2*15-16,19-22H,3-14,17-18H2,1-2H3;18-20H,4-17H2,1-3H3;17-20H,3-16H2,1-2H3;6*1-2H3;16*1H4. The summed E-state index contributed by atoms with van der Waals surface area (Å²) >= 11 is 0. The van der Waals surface area contributed by atoms with Crippen LogP contribution in [0.25, 0.3) is 21.5 Å². The number of unbranched alkanes of at least 4 members (excludes halogenated alkanes) is 40. The van der Waals surface area contributed by atoms with Gasteiger partial charge in [0, 0.05) is 16.7 Å². The maximum Gasteiger partial charge on any atom is 0.150 e. The van der Waals surface area contributed by atoms with E-state index in [1.165, 1.54) is 381 Å². The number of fused-ring (bicyclic) bond motifs is 2. The van der Waals surface area contributed by atoms with Gasteiger partial charge < -0.3 is 4.74 Å². The highest BCUT2D eigenvalue weighted by Gasteiger charge is 2.15. The van der Waals surface area contributed by atoms with Crippen molar-refractivity contribution >= 4 is 40.4 Å². The predicted molar refractivity (Wildman–Crippen MR) is 636 cm³/mol. The first-order chi connectivity index (χ1) is 57.2. The molecule has 0 N–H and O–H groups in total. The van der Waals surface area contributed by atoms with Gasteiger partial charge in [-0.15, -0.1) is 0 Å². The molecule has 0 saturated carbocycles. The molecule has 6 rings (SSSR count). The van der Waals surface area contributed by atoms with Crippen molar-refractivity contribution in [3.05, 3.63) is 158 Å². The fourth-order valence-electron chi connectivity index (χ4n) is 15.3. The maximum atomic E-state index is 11.8. The number of aryl methyl sites for hydroxylation is 8. The van der Waals surface area contributed by atoms with E-state index in [1.807, 2.05) is 90.2 Å². The highest BCUT2D eigenvalue weighted by atomic mass is 16.5. The molecule has 6 aromatic carbocycles. The molecule has 4 heteroatoms. The SMILES string of the molecule is C.C.C.C.C.C.C.C.C.C.C.C.C.C.C.C.CC.CC.CC.CC.CC.CC.CCCCCCCCCc1c(C=O)cc(CCCCCCC)c2ccccc12.CCCCCCCCCc1cc(C=O)c(CCCCCCC)c2ccccc12.CCCCCCCCCc1ccc(CCCCCCC)c(C=O)c1.CCCCCCCCCc1ccc(CCCCCCC)cc1OC. The summed E-state index contributed by atoms with van der Waals surface area (Å²) in [6, 6.07) is 35.3. The highest BCUT2D eigenvalue weighted by Crippen LogP contribution is 2.32. The van der Waals surface area contributed by atoms with Crippen LogP contribution in [0.3, 0.4) is 0 Å². The first-order valence-corrected chi connectivity index (χ1v) is 50.5. The minimum Gasteiger partial charge on any atom is -0.496 e. The van der Waals surface area contributed by atoms with Crippen LogP contribution in [-0.2, 0) is 51.4 Å². The van der Waals surface area contributed by atoms with E-state index in [-0.39, 0.29) is 119 Å². The Hall–Kier alpha value is -5.35. The van der Waals surface area contributed by atoms with Crippen LogP contribution in [0.2, 0.25) is 0 Å². The predicted octanol–water partition coefficient (Wildman–Crippen LogP) is 48.1. The number of carbonyl (C=O) groups is 3. The molecule has 0 fully saturated rings. The van der Waals surface area contributed by atoms with E-state index in [2.05, 4.69) is 152 Å². The molecule has 0 unspecified atom stereocenters. The number of ether oxygens (including phenoxy) is 1. The Bertz CT molecular complexity index is 3060. The molecule has 0 aliphatic heterocycles. The summed E-state index contributed by atoms with van der Waals surface area (Å²) < 4.78 is 5.64. The second-order valence-electron chi connectivity index (χ2n) is 31.0. The minimum atomic E-state index is 0. The van der Waals surface area contributed by atoms with Crippen LogP contribution < -0.4 is 4.74 Å². The zero-order chi connectivity index (χ0) is 87.0. The smallest absolute Gasteiger partial charge is 0.150 e. The molecule has 4 nitrogen and oxygen atoms in total. The van der Waals surface area contributed by atoms with Crippen molar-refractivity contribution in [1.82, 2.24) is 0 Å². The van der Waals surface area contributed by atoms with E-state index in [1.54, 1.807) is 0 Å². The average Bonchev–Trinajstić information content (AvgIpc) is 0.790. The number of hydrogen-bond donors (Lipinski definition) is 0. The molecule has 794 valence electrons. The topological polar surface area (TPSA) is 60.4 Å². The number of carbonyl (C=O) groups excluding carboxylic acids is 3. The fourth-order valence-corrected chi connectivity index (χ4v) is 15.3. The van der Waals surface area contributed by atoms with Crippen molar-refractivity contribution in [3.8, 4) is 5.75 Å². The fraction of sp³-hybridized carbons (Fsp3) is 0.727. The van der Waals surface area contributed by atoms with Gasteiger partial charge in [-0.25, -0.2) is 0 Å². The Kier molecular flexibility index (Phi) is 185. The average molecular weight is 1860 g/mol. The normalized spacial score (nSPS) is 9.01. The maximum absolute atomic E-state index is 11.8. The number of hydrogen-bond acceptors (Lipinski definition) is 4.